The predicted molar refractivity (Wildman–Crippen MR) is 145 cm³/mol. The Labute approximate surface area is 215 Å². The minimum atomic E-state index is -0.173. The van der Waals surface area contributed by atoms with Crippen LogP contribution in [-0.4, -0.2) is 26.2 Å². The first-order chi connectivity index (χ1) is 17.0. The van der Waals surface area contributed by atoms with E-state index in [1.54, 1.807) is 17.9 Å². The van der Waals surface area contributed by atoms with Crippen molar-refractivity contribution in [2.75, 3.05) is 7.11 Å². The van der Waals surface area contributed by atoms with Crippen LogP contribution in [0.25, 0.3) is 21.7 Å². The zero-order chi connectivity index (χ0) is 24.5. The lowest BCUT2D eigenvalue weighted by atomic mass is 10.1. The van der Waals surface area contributed by atoms with Gasteiger partial charge in [-0.05, 0) is 61.5 Å². The van der Waals surface area contributed by atoms with Crippen molar-refractivity contribution in [2.45, 2.75) is 24.8 Å². The third-order valence-corrected chi connectivity index (χ3v) is 7.95. The fourth-order valence-corrected chi connectivity index (χ4v) is 6.18. The van der Waals surface area contributed by atoms with Crippen molar-refractivity contribution in [3.8, 4) is 17.1 Å². The summed E-state index contributed by atoms with van der Waals surface area (Å²) in [7, 11) is 1.60. The van der Waals surface area contributed by atoms with Gasteiger partial charge >= 0.3 is 0 Å². The summed E-state index contributed by atoms with van der Waals surface area (Å²) in [5.74, 6) is 1.20. The zero-order valence-corrected chi connectivity index (χ0v) is 21.8. The quantitative estimate of drug-likeness (QED) is 0.150. The van der Waals surface area contributed by atoms with Gasteiger partial charge in [-0.2, -0.15) is 0 Å². The molecule has 0 unspecified atom stereocenters. The van der Waals surface area contributed by atoms with Crippen molar-refractivity contribution >= 4 is 45.7 Å². The van der Waals surface area contributed by atoms with Gasteiger partial charge in [-0.1, -0.05) is 59.0 Å². The molecule has 35 heavy (non-hydrogen) atoms. The molecule has 0 aliphatic heterocycles. The van der Waals surface area contributed by atoms with Crippen LogP contribution in [-0.2, 0) is 5.75 Å². The number of fused-ring (bicyclic) bond motifs is 1. The summed E-state index contributed by atoms with van der Waals surface area (Å²) < 4.78 is 10.2. The molecule has 3 heterocycles. The molecule has 0 aliphatic rings. The largest absolute Gasteiger partial charge is 0.495 e. The highest BCUT2D eigenvalue weighted by molar-refractivity contribution is 7.98. The lowest BCUT2D eigenvalue weighted by molar-refractivity contribution is 0.411. The molecule has 9 heteroatoms. The average molecular weight is 519 g/mol. The fourth-order valence-electron chi connectivity index (χ4n) is 3.96. The van der Waals surface area contributed by atoms with Crippen LogP contribution in [0.3, 0.4) is 0 Å². The molecule has 0 radical (unpaired) electrons. The molecule has 0 N–H and O–H groups in total. The van der Waals surface area contributed by atoms with Crippen LogP contribution in [0.1, 0.15) is 16.7 Å². The molecule has 5 rings (SSSR count). The molecular formula is C26H22N4O2S3. The first kappa shape index (κ1) is 23.5. The van der Waals surface area contributed by atoms with Crippen LogP contribution < -0.4 is 10.3 Å². The molecule has 0 amide bonds. The SMILES string of the molecule is COc1ccccc1-n1c(SCc2cccnc2)nc2c(sc(=S)n2-c2ccc(C)cc2C)c1=O. The summed E-state index contributed by atoms with van der Waals surface area (Å²) in [6, 6.07) is 17.5. The van der Waals surface area contributed by atoms with Gasteiger partial charge in [-0.3, -0.25) is 18.9 Å². The van der Waals surface area contributed by atoms with Crippen LogP contribution in [0.5, 0.6) is 5.75 Å². The van der Waals surface area contributed by atoms with Crippen molar-refractivity contribution in [3.05, 3.63) is 98.0 Å². The van der Waals surface area contributed by atoms with E-state index in [-0.39, 0.29) is 5.56 Å². The molecule has 5 aromatic rings. The second-order valence-electron chi connectivity index (χ2n) is 8.00. The highest BCUT2D eigenvalue weighted by Crippen LogP contribution is 2.32. The first-order valence-corrected chi connectivity index (χ1v) is 13.1. The standard InChI is InChI=1S/C26H22N4O2S3/c1-16-10-11-19(17(2)13-16)29-23-22(35-26(29)33)24(31)30(20-8-4-5-9-21(20)32-3)25(28-23)34-15-18-7-6-12-27-14-18/h4-14H,15H2,1-3H3. The number of benzene rings is 2. The number of methoxy groups -OCH3 is 1. The lowest BCUT2D eigenvalue weighted by Crippen LogP contribution is -2.22. The summed E-state index contributed by atoms with van der Waals surface area (Å²) in [5.41, 5.74) is 5.23. The monoisotopic (exact) mass is 518 g/mol. The maximum atomic E-state index is 14.0. The van der Waals surface area contributed by atoms with Crippen molar-refractivity contribution < 1.29 is 4.74 Å². The number of nitrogens with zero attached hydrogens (tertiary/aromatic N) is 4. The Morgan fingerprint density at radius 1 is 1.06 bits per heavy atom. The Balaban J connectivity index is 1.78. The number of rotatable bonds is 6. The molecule has 0 aliphatic carbocycles. The van der Waals surface area contributed by atoms with Gasteiger partial charge in [0.15, 0.2) is 14.8 Å². The Bertz CT molecular complexity index is 1660. The van der Waals surface area contributed by atoms with Crippen molar-refractivity contribution in [1.29, 1.82) is 0 Å². The molecule has 0 spiro atoms. The summed E-state index contributed by atoms with van der Waals surface area (Å²) >= 11 is 8.49. The third kappa shape index (κ3) is 4.42. The number of ether oxygens (including phenoxy) is 1. The smallest absolute Gasteiger partial charge is 0.278 e. The number of hydrogen-bond donors (Lipinski definition) is 0. The van der Waals surface area contributed by atoms with E-state index < -0.39 is 0 Å². The molecule has 0 saturated carbocycles. The highest BCUT2D eigenvalue weighted by Gasteiger charge is 2.21. The maximum Gasteiger partial charge on any atom is 0.278 e. The van der Waals surface area contributed by atoms with Crippen molar-refractivity contribution in [2.24, 2.45) is 0 Å². The summed E-state index contributed by atoms with van der Waals surface area (Å²) in [6.07, 6.45) is 3.56. The zero-order valence-electron chi connectivity index (χ0n) is 19.4. The van der Waals surface area contributed by atoms with E-state index in [4.69, 9.17) is 21.9 Å². The first-order valence-electron chi connectivity index (χ1n) is 10.9. The second-order valence-corrected chi connectivity index (χ2v) is 10.6. The van der Waals surface area contributed by atoms with Gasteiger partial charge < -0.3 is 4.74 Å². The summed E-state index contributed by atoms with van der Waals surface area (Å²) in [6.45, 7) is 4.10. The molecule has 176 valence electrons. The highest BCUT2D eigenvalue weighted by atomic mass is 32.2. The van der Waals surface area contributed by atoms with Crippen LogP contribution >= 0.6 is 35.3 Å². The molecule has 0 bridgehead atoms. The number of pyridine rings is 1. The van der Waals surface area contributed by atoms with Gasteiger partial charge in [0, 0.05) is 18.1 Å². The van der Waals surface area contributed by atoms with Gasteiger partial charge in [0.2, 0.25) is 0 Å². The van der Waals surface area contributed by atoms with Crippen LogP contribution in [0.4, 0.5) is 0 Å². The summed E-state index contributed by atoms with van der Waals surface area (Å²) in [5, 5.41) is 0.558. The van der Waals surface area contributed by atoms with Gasteiger partial charge in [0.25, 0.3) is 5.56 Å². The summed E-state index contributed by atoms with van der Waals surface area (Å²) in [4.78, 5) is 23.2. The van der Waals surface area contributed by atoms with Crippen LogP contribution in [0, 0.1) is 17.8 Å². The number of para-hydroxylation sites is 2. The normalized spacial score (nSPS) is 11.2. The molecule has 0 fully saturated rings. The van der Waals surface area contributed by atoms with E-state index in [0.29, 0.717) is 36.6 Å². The minimum Gasteiger partial charge on any atom is -0.495 e. The minimum absolute atomic E-state index is 0.173. The molecule has 3 aromatic heterocycles. The second kappa shape index (κ2) is 9.77. The van der Waals surface area contributed by atoms with Crippen molar-refractivity contribution in [1.82, 2.24) is 19.1 Å². The molecule has 2 aromatic carbocycles. The van der Waals surface area contributed by atoms with E-state index in [1.807, 2.05) is 66.2 Å². The van der Waals surface area contributed by atoms with Gasteiger partial charge in [0.1, 0.15) is 10.4 Å². The Morgan fingerprint density at radius 3 is 2.63 bits per heavy atom. The van der Waals surface area contributed by atoms with E-state index in [2.05, 4.69) is 18.0 Å². The Kier molecular flexibility index (Phi) is 6.55. The predicted octanol–water partition coefficient (Wildman–Crippen LogP) is 6.28. The Morgan fingerprint density at radius 2 is 1.89 bits per heavy atom. The van der Waals surface area contributed by atoms with E-state index in [9.17, 15) is 4.79 Å². The van der Waals surface area contributed by atoms with Crippen LogP contribution in [0.2, 0.25) is 0 Å². The molecule has 6 nitrogen and oxygen atoms in total. The average Bonchev–Trinajstić information content (AvgIpc) is 3.19. The number of aromatic nitrogens is 4. The molecular weight excluding hydrogens is 497 g/mol. The van der Waals surface area contributed by atoms with Gasteiger partial charge in [-0.25, -0.2) is 4.98 Å². The molecule has 0 saturated heterocycles. The van der Waals surface area contributed by atoms with Crippen LogP contribution in [0.15, 0.2) is 76.9 Å². The number of aryl methyl sites for hydroxylation is 2. The van der Waals surface area contributed by atoms with Gasteiger partial charge in [0.05, 0.1) is 18.5 Å². The third-order valence-electron chi connectivity index (χ3n) is 5.59. The van der Waals surface area contributed by atoms with Crippen molar-refractivity contribution in [3.63, 3.8) is 0 Å². The Hall–Kier alpha value is -3.27. The van der Waals surface area contributed by atoms with E-state index in [0.717, 1.165) is 22.4 Å². The fraction of sp³-hybridized carbons (Fsp3) is 0.154. The number of thiazole rings is 1. The maximum absolute atomic E-state index is 14.0. The number of thioether (sulfide) groups is 1. The van der Waals surface area contributed by atoms with Gasteiger partial charge in [-0.15, -0.1) is 0 Å². The van der Waals surface area contributed by atoms with E-state index in [1.165, 1.54) is 23.1 Å². The molecule has 0 atom stereocenters. The topological polar surface area (TPSA) is 61.9 Å². The van der Waals surface area contributed by atoms with E-state index >= 15 is 0 Å². The lowest BCUT2D eigenvalue weighted by Gasteiger charge is -2.15. The number of hydrogen-bond acceptors (Lipinski definition) is 7.